The van der Waals surface area contributed by atoms with Crippen LogP contribution in [0.15, 0.2) is 36.4 Å². The number of hydrogen-bond donors (Lipinski definition) is 1. The molecule has 0 aliphatic heterocycles. The summed E-state index contributed by atoms with van der Waals surface area (Å²) in [5.41, 5.74) is 5.20. The van der Waals surface area contributed by atoms with E-state index in [1.807, 2.05) is 58.0 Å². The summed E-state index contributed by atoms with van der Waals surface area (Å²) < 4.78 is 5.60. The van der Waals surface area contributed by atoms with Gasteiger partial charge in [0.25, 0.3) is 5.91 Å². The van der Waals surface area contributed by atoms with E-state index in [9.17, 15) is 4.79 Å². The lowest BCUT2D eigenvalue weighted by molar-refractivity contribution is -0.118. The van der Waals surface area contributed by atoms with E-state index >= 15 is 0 Å². The van der Waals surface area contributed by atoms with Gasteiger partial charge in [-0.25, -0.2) is 0 Å². The van der Waals surface area contributed by atoms with Crippen molar-refractivity contribution in [2.24, 2.45) is 0 Å². The van der Waals surface area contributed by atoms with Crippen LogP contribution in [0.5, 0.6) is 5.75 Å². The van der Waals surface area contributed by atoms with E-state index in [1.165, 1.54) is 0 Å². The summed E-state index contributed by atoms with van der Waals surface area (Å²) in [6, 6.07) is 11.9. The molecule has 3 heteroatoms. The number of carbonyl (C=O) groups excluding carboxylic acids is 1. The van der Waals surface area contributed by atoms with Gasteiger partial charge in [-0.05, 0) is 68.1 Å². The molecule has 2 aromatic carbocycles. The molecule has 0 aliphatic rings. The van der Waals surface area contributed by atoms with Gasteiger partial charge in [-0.2, -0.15) is 0 Å². The number of aryl methyl sites for hydroxylation is 4. The number of anilines is 1. The first-order chi connectivity index (χ1) is 9.94. The van der Waals surface area contributed by atoms with Gasteiger partial charge in [-0.3, -0.25) is 4.79 Å². The van der Waals surface area contributed by atoms with Crippen molar-refractivity contribution in [1.82, 2.24) is 0 Å². The predicted molar refractivity (Wildman–Crippen MR) is 86.0 cm³/mol. The van der Waals surface area contributed by atoms with Gasteiger partial charge in [0.05, 0.1) is 0 Å². The van der Waals surface area contributed by atoms with Gasteiger partial charge in [-0.1, -0.05) is 18.2 Å². The third kappa shape index (κ3) is 4.35. The van der Waals surface area contributed by atoms with Crippen LogP contribution in [0, 0.1) is 27.7 Å². The van der Waals surface area contributed by atoms with Crippen molar-refractivity contribution in [1.29, 1.82) is 0 Å². The van der Waals surface area contributed by atoms with Crippen LogP contribution in [0.25, 0.3) is 0 Å². The molecule has 0 aromatic heterocycles. The number of ether oxygens (including phenoxy) is 1. The standard InChI is InChI=1S/C18H21NO2/c1-12-5-6-15(4)17(10-12)21-11-18(20)19-16-8-13(2)7-14(3)9-16/h5-10H,11H2,1-4H3,(H,19,20). The lowest BCUT2D eigenvalue weighted by Crippen LogP contribution is -2.20. The number of amides is 1. The van der Waals surface area contributed by atoms with Crippen molar-refractivity contribution in [3.8, 4) is 5.75 Å². The zero-order chi connectivity index (χ0) is 15.4. The Labute approximate surface area is 126 Å². The maximum Gasteiger partial charge on any atom is 0.262 e. The second-order valence-corrected chi connectivity index (χ2v) is 5.48. The van der Waals surface area contributed by atoms with Crippen molar-refractivity contribution in [3.05, 3.63) is 58.7 Å². The number of benzene rings is 2. The second kappa shape index (κ2) is 6.44. The molecule has 0 saturated heterocycles. The van der Waals surface area contributed by atoms with Gasteiger partial charge in [0, 0.05) is 5.69 Å². The van der Waals surface area contributed by atoms with Crippen LogP contribution in [-0.4, -0.2) is 12.5 Å². The van der Waals surface area contributed by atoms with E-state index in [0.717, 1.165) is 33.7 Å². The Balaban J connectivity index is 1.97. The van der Waals surface area contributed by atoms with Crippen molar-refractivity contribution >= 4 is 11.6 Å². The van der Waals surface area contributed by atoms with Crippen molar-refractivity contribution in [3.63, 3.8) is 0 Å². The number of nitrogens with one attached hydrogen (secondary N) is 1. The molecule has 0 atom stereocenters. The van der Waals surface area contributed by atoms with E-state index in [4.69, 9.17) is 4.74 Å². The van der Waals surface area contributed by atoms with Crippen LogP contribution >= 0.6 is 0 Å². The van der Waals surface area contributed by atoms with Gasteiger partial charge in [0.1, 0.15) is 5.75 Å². The molecule has 0 bridgehead atoms. The maximum atomic E-state index is 12.0. The monoisotopic (exact) mass is 283 g/mol. The van der Waals surface area contributed by atoms with Gasteiger partial charge in [0.15, 0.2) is 6.61 Å². The molecule has 0 unspecified atom stereocenters. The van der Waals surface area contributed by atoms with Crippen molar-refractivity contribution < 1.29 is 9.53 Å². The molecule has 0 heterocycles. The Morgan fingerprint density at radius 3 is 2.29 bits per heavy atom. The molecular weight excluding hydrogens is 262 g/mol. The summed E-state index contributed by atoms with van der Waals surface area (Å²) in [6.45, 7) is 8.00. The highest BCUT2D eigenvalue weighted by atomic mass is 16.5. The average molecular weight is 283 g/mol. The van der Waals surface area contributed by atoms with E-state index in [0.29, 0.717) is 0 Å². The third-order valence-corrected chi connectivity index (χ3v) is 3.21. The van der Waals surface area contributed by atoms with Crippen LogP contribution < -0.4 is 10.1 Å². The highest BCUT2D eigenvalue weighted by molar-refractivity contribution is 5.92. The predicted octanol–water partition coefficient (Wildman–Crippen LogP) is 3.94. The Kier molecular flexibility index (Phi) is 4.63. The lowest BCUT2D eigenvalue weighted by Gasteiger charge is -2.11. The Morgan fingerprint density at radius 2 is 1.62 bits per heavy atom. The molecule has 0 fully saturated rings. The van der Waals surface area contributed by atoms with E-state index < -0.39 is 0 Å². The quantitative estimate of drug-likeness (QED) is 0.923. The normalized spacial score (nSPS) is 10.3. The molecule has 0 aliphatic carbocycles. The summed E-state index contributed by atoms with van der Waals surface area (Å²) in [4.78, 5) is 12.0. The molecule has 0 saturated carbocycles. The fourth-order valence-electron chi connectivity index (χ4n) is 2.25. The summed E-state index contributed by atoms with van der Waals surface area (Å²) in [7, 11) is 0. The average Bonchev–Trinajstić information content (AvgIpc) is 2.38. The molecular formula is C18H21NO2. The molecule has 1 N–H and O–H groups in total. The van der Waals surface area contributed by atoms with E-state index in [1.54, 1.807) is 0 Å². The van der Waals surface area contributed by atoms with Crippen molar-refractivity contribution in [2.45, 2.75) is 27.7 Å². The van der Waals surface area contributed by atoms with Crippen LogP contribution in [0.2, 0.25) is 0 Å². The lowest BCUT2D eigenvalue weighted by atomic mass is 10.1. The summed E-state index contributed by atoms with van der Waals surface area (Å²) in [6.07, 6.45) is 0. The van der Waals surface area contributed by atoms with E-state index in [-0.39, 0.29) is 12.5 Å². The van der Waals surface area contributed by atoms with Crippen LogP contribution in [0.3, 0.4) is 0 Å². The zero-order valence-electron chi connectivity index (χ0n) is 13.0. The first kappa shape index (κ1) is 15.1. The minimum absolute atomic E-state index is 0.0112. The molecule has 3 nitrogen and oxygen atoms in total. The molecule has 21 heavy (non-hydrogen) atoms. The fourth-order valence-corrected chi connectivity index (χ4v) is 2.25. The molecule has 0 spiro atoms. The largest absolute Gasteiger partial charge is 0.483 e. The van der Waals surface area contributed by atoms with Gasteiger partial charge in [-0.15, -0.1) is 0 Å². The first-order valence-electron chi connectivity index (χ1n) is 7.02. The molecule has 0 radical (unpaired) electrons. The van der Waals surface area contributed by atoms with Crippen LogP contribution in [-0.2, 0) is 4.79 Å². The Morgan fingerprint density at radius 1 is 0.952 bits per heavy atom. The SMILES string of the molecule is Cc1cc(C)cc(NC(=O)COc2cc(C)ccc2C)c1. The van der Waals surface area contributed by atoms with Gasteiger partial charge >= 0.3 is 0 Å². The fraction of sp³-hybridized carbons (Fsp3) is 0.278. The third-order valence-electron chi connectivity index (χ3n) is 3.21. The minimum Gasteiger partial charge on any atom is -0.483 e. The number of rotatable bonds is 4. The van der Waals surface area contributed by atoms with Crippen molar-refractivity contribution in [2.75, 3.05) is 11.9 Å². The van der Waals surface area contributed by atoms with Crippen LogP contribution in [0.4, 0.5) is 5.69 Å². The second-order valence-electron chi connectivity index (χ2n) is 5.48. The van der Waals surface area contributed by atoms with E-state index in [2.05, 4.69) is 11.4 Å². The molecule has 1 amide bonds. The molecule has 2 aromatic rings. The van der Waals surface area contributed by atoms with Gasteiger partial charge < -0.3 is 10.1 Å². The Bertz CT molecular complexity index is 642. The minimum atomic E-state index is -0.152. The summed E-state index contributed by atoms with van der Waals surface area (Å²) >= 11 is 0. The summed E-state index contributed by atoms with van der Waals surface area (Å²) in [5.74, 6) is 0.603. The number of hydrogen-bond acceptors (Lipinski definition) is 2. The molecule has 110 valence electrons. The topological polar surface area (TPSA) is 38.3 Å². The molecule has 2 rings (SSSR count). The highest BCUT2D eigenvalue weighted by Gasteiger charge is 2.06. The maximum absolute atomic E-state index is 12.0. The Hall–Kier alpha value is -2.29. The smallest absolute Gasteiger partial charge is 0.262 e. The zero-order valence-corrected chi connectivity index (χ0v) is 13.0. The highest BCUT2D eigenvalue weighted by Crippen LogP contribution is 2.19. The van der Waals surface area contributed by atoms with Crippen LogP contribution in [0.1, 0.15) is 22.3 Å². The summed E-state index contributed by atoms with van der Waals surface area (Å²) in [5, 5.41) is 2.86. The van der Waals surface area contributed by atoms with Gasteiger partial charge in [0.2, 0.25) is 0 Å². The first-order valence-corrected chi connectivity index (χ1v) is 7.02. The number of carbonyl (C=O) groups is 1.